The number of carbonyl (C=O) groups excluding carboxylic acids is 1. The molecule has 0 saturated heterocycles. The zero-order chi connectivity index (χ0) is 13.0. The summed E-state index contributed by atoms with van der Waals surface area (Å²) in [6.07, 6.45) is 0.436. The summed E-state index contributed by atoms with van der Waals surface area (Å²) in [4.78, 5) is 24.4. The molecule has 1 aromatic rings. The average Bonchev–Trinajstić information content (AvgIpc) is 2.63. The van der Waals surface area contributed by atoms with Crippen LogP contribution in [0.25, 0.3) is 0 Å². The minimum Gasteiger partial charge on any atom is -0.480 e. The number of carboxylic acid groups (broad SMARTS) is 1. The Balaban J connectivity index is 2.67. The Bertz CT molecular complexity index is 412. The number of aryl methyl sites for hydroxylation is 1. The highest BCUT2D eigenvalue weighted by Crippen LogP contribution is 2.15. The van der Waals surface area contributed by atoms with Crippen LogP contribution >= 0.6 is 11.3 Å². The van der Waals surface area contributed by atoms with Crippen LogP contribution < -0.4 is 5.32 Å². The van der Waals surface area contributed by atoms with E-state index in [0.29, 0.717) is 11.3 Å². The molecule has 1 rings (SSSR count). The zero-order valence-corrected chi connectivity index (χ0v) is 11.0. The maximum absolute atomic E-state index is 11.8. The Morgan fingerprint density at radius 2 is 2.06 bits per heavy atom. The monoisotopic (exact) mass is 255 g/mol. The van der Waals surface area contributed by atoms with Gasteiger partial charge in [-0.15, -0.1) is 11.3 Å². The van der Waals surface area contributed by atoms with Crippen LogP contribution in [0.4, 0.5) is 0 Å². The number of rotatable bonds is 5. The SMILES string of the molecule is Cc1ccc(C(=O)N[C@H](CC(C)C)C(=O)O)s1. The molecule has 2 N–H and O–H groups in total. The van der Waals surface area contributed by atoms with Gasteiger partial charge in [0, 0.05) is 4.88 Å². The van der Waals surface area contributed by atoms with Gasteiger partial charge in [-0.25, -0.2) is 4.79 Å². The van der Waals surface area contributed by atoms with Crippen LogP contribution in [0, 0.1) is 12.8 Å². The molecular formula is C12H17NO3S. The van der Waals surface area contributed by atoms with E-state index in [9.17, 15) is 9.59 Å². The molecule has 0 aromatic carbocycles. The summed E-state index contributed by atoms with van der Waals surface area (Å²) in [5, 5.41) is 11.6. The summed E-state index contributed by atoms with van der Waals surface area (Å²) < 4.78 is 0. The van der Waals surface area contributed by atoms with Crippen molar-refractivity contribution in [3.63, 3.8) is 0 Å². The predicted molar refractivity (Wildman–Crippen MR) is 67.4 cm³/mol. The molecule has 0 aliphatic carbocycles. The standard InChI is InChI=1S/C12H17NO3S/c1-7(2)6-9(12(15)16)13-11(14)10-5-4-8(3)17-10/h4-5,7,9H,6H2,1-3H3,(H,13,14)(H,15,16)/t9-/m1/s1. The average molecular weight is 255 g/mol. The summed E-state index contributed by atoms with van der Waals surface area (Å²) in [6.45, 7) is 5.76. The number of amides is 1. The van der Waals surface area contributed by atoms with Crippen LogP contribution in [-0.4, -0.2) is 23.0 Å². The van der Waals surface area contributed by atoms with Gasteiger partial charge in [0.25, 0.3) is 5.91 Å². The number of carbonyl (C=O) groups is 2. The molecule has 1 atom stereocenters. The second-order valence-corrected chi connectivity index (χ2v) is 5.69. The van der Waals surface area contributed by atoms with Gasteiger partial charge in [0.1, 0.15) is 6.04 Å². The predicted octanol–water partition coefficient (Wildman–Crippen LogP) is 2.29. The van der Waals surface area contributed by atoms with Crippen molar-refractivity contribution in [3.05, 3.63) is 21.9 Å². The number of hydrogen-bond donors (Lipinski definition) is 2. The second kappa shape index (κ2) is 5.82. The van der Waals surface area contributed by atoms with Gasteiger partial charge < -0.3 is 10.4 Å². The van der Waals surface area contributed by atoms with Crippen molar-refractivity contribution in [2.24, 2.45) is 5.92 Å². The van der Waals surface area contributed by atoms with Crippen molar-refractivity contribution in [2.45, 2.75) is 33.2 Å². The first kappa shape index (κ1) is 13.7. The molecule has 17 heavy (non-hydrogen) atoms. The third-order valence-electron chi connectivity index (χ3n) is 2.27. The summed E-state index contributed by atoms with van der Waals surface area (Å²) in [5.74, 6) is -1.07. The molecule has 4 nitrogen and oxygen atoms in total. The van der Waals surface area contributed by atoms with Crippen LogP contribution in [0.15, 0.2) is 12.1 Å². The highest BCUT2D eigenvalue weighted by molar-refractivity contribution is 7.13. The van der Waals surface area contributed by atoms with Crippen LogP contribution in [0.5, 0.6) is 0 Å². The Morgan fingerprint density at radius 3 is 2.47 bits per heavy atom. The lowest BCUT2D eigenvalue weighted by molar-refractivity contribution is -0.139. The van der Waals surface area contributed by atoms with Crippen LogP contribution in [0.3, 0.4) is 0 Å². The van der Waals surface area contributed by atoms with Gasteiger partial charge in [0.2, 0.25) is 0 Å². The van der Waals surface area contributed by atoms with Crippen molar-refractivity contribution in [1.82, 2.24) is 5.32 Å². The lowest BCUT2D eigenvalue weighted by Gasteiger charge is -2.15. The first-order valence-corrected chi connectivity index (χ1v) is 6.32. The van der Waals surface area contributed by atoms with Gasteiger partial charge in [0.15, 0.2) is 0 Å². The van der Waals surface area contributed by atoms with E-state index in [0.717, 1.165) is 4.88 Å². The fraction of sp³-hybridized carbons (Fsp3) is 0.500. The summed E-state index contributed by atoms with van der Waals surface area (Å²) in [6, 6.07) is 2.74. The lowest BCUT2D eigenvalue weighted by Crippen LogP contribution is -2.41. The number of aliphatic carboxylic acids is 1. The summed E-state index contributed by atoms with van der Waals surface area (Å²) in [5.41, 5.74) is 0. The quantitative estimate of drug-likeness (QED) is 0.848. The van der Waals surface area contributed by atoms with Gasteiger partial charge in [-0.05, 0) is 31.4 Å². The van der Waals surface area contributed by atoms with Crippen molar-refractivity contribution in [1.29, 1.82) is 0 Å². The summed E-state index contributed by atoms with van der Waals surface area (Å²) >= 11 is 1.36. The van der Waals surface area contributed by atoms with E-state index < -0.39 is 12.0 Å². The highest BCUT2D eigenvalue weighted by Gasteiger charge is 2.22. The first-order valence-electron chi connectivity index (χ1n) is 5.50. The molecule has 0 unspecified atom stereocenters. The smallest absolute Gasteiger partial charge is 0.326 e. The van der Waals surface area contributed by atoms with E-state index in [1.54, 1.807) is 6.07 Å². The molecule has 5 heteroatoms. The maximum Gasteiger partial charge on any atom is 0.326 e. The minimum absolute atomic E-state index is 0.224. The third kappa shape index (κ3) is 4.19. The molecule has 0 aliphatic rings. The molecule has 1 heterocycles. The molecule has 1 aromatic heterocycles. The number of nitrogens with one attached hydrogen (secondary N) is 1. The van der Waals surface area contributed by atoms with E-state index in [1.807, 2.05) is 26.8 Å². The van der Waals surface area contributed by atoms with Crippen LogP contribution in [0.1, 0.15) is 34.8 Å². The third-order valence-corrected chi connectivity index (χ3v) is 3.27. The molecular weight excluding hydrogens is 238 g/mol. The minimum atomic E-state index is -0.986. The Kier molecular flexibility index (Phi) is 4.69. The van der Waals surface area contributed by atoms with Crippen molar-refractivity contribution >= 4 is 23.2 Å². The van der Waals surface area contributed by atoms with E-state index in [4.69, 9.17) is 5.11 Å². The number of carboxylic acids is 1. The summed E-state index contributed by atoms with van der Waals surface area (Å²) in [7, 11) is 0. The molecule has 0 aliphatic heterocycles. The molecule has 0 saturated carbocycles. The van der Waals surface area contributed by atoms with Gasteiger partial charge in [-0.2, -0.15) is 0 Å². The molecule has 0 bridgehead atoms. The van der Waals surface area contributed by atoms with Crippen molar-refractivity contribution < 1.29 is 14.7 Å². The molecule has 1 amide bonds. The molecule has 0 spiro atoms. The Hall–Kier alpha value is -1.36. The van der Waals surface area contributed by atoms with E-state index >= 15 is 0 Å². The fourth-order valence-electron chi connectivity index (χ4n) is 1.48. The van der Waals surface area contributed by atoms with E-state index in [2.05, 4.69) is 5.32 Å². The molecule has 0 fully saturated rings. The molecule has 0 radical (unpaired) electrons. The van der Waals surface area contributed by atoms with Crippen molar-refractivity contribution in [2.75, 3.05) is 0 Å². The van der Waals surface area contributed by atoms with Gasteiger partial charge >= 0.3 is 5.97 Å². The first-order chi connectivity index (χ1) is 7.90. The van der Waals surface area contributed by atoms with E-state index in [1.165, 1.54) is 11.3 Å². The Morgan fingerprint density at radius 1 is 1.41 bits per heavy atom. The van der Waals surface area contributed by atoms with E-state index in [-0.39, 0.29) is 11.8 Å². The van der Waals surface area contributed by atoms with Crippen LogP contribution in [-0.2, 0) is 4.79 Å². The number of thiophene rings is 1. The van der Waals surface area contributed by atoms with Gasteiger partial charge in [-0.3, -0.25) is 4.79 Å². The largest absolute Gasteiger partial charge is 0.480 e. The molecule has 94 valence electrons. The zero-order valence-electron chi connectivity index (χ0n) is 10.2. The van der Waals surface area contributed by atoms with Gasteiger partial charge in [0.05, 0.1) is 4.88 Å². The fourth-order valence-corrected chi connectivity index (χ4v) is 2.25. The van der Waals surface area contributed by atoms with Gasteiger partial charge in [-0.1, -0.05) is 13.8 Å². The Labute approximate surface area is 105 Å². The second-order valence-electron chi connectivity index (χ2n) is 4.40. The number of hydrogen-bond acceptors (Lipinski definition) is 3. The normalized spacial score (nSPS) is 12.5. The lowest BCUT2D eigenvalue weighted by atomic mass is 10.0. The maximum atomic E-state index is 11.8. The topological polar surface area (TPSA) is 66.4 Å². The van der Waals surface area contributed by atoms with Crippen molar-refractivity contribution in [3.8, 4) is 0 Å². The van der Waals surface area contributed by atoms with Crippen LogP contribution in [0.2, 0.25) is 0 Å². The highest BCUT2D eigenvalue weighted by atomic mass is 32.1.